The Kier molecular flexibility index (Phi) is 4.19. The van der Waals surface area contributed by atoms with Gasteiger partial charge >= 0.3 is 5.69 Å². The van der Waals surface area contributed by atoms with E-state index in [1.54, 1.807) is 6.07 Å². The van der Waals surface area contributed by atoms with E-state index < -0.39 is 5.69 Å². The summed E-state index contributed by atoms with van der Waals surface area (Å²) in [5.41, 5.74) is -0.390. The summed E-state index contributed by atoms with van der Waals surface area (Å²) < 4.78 is 2.33. The summed E-state index contributed by atoms with van der Waals surface area (Å²) in [5.74, 6) is -0.173. The Labute approximate surface area is 143 Å². The zero-order valence-electron chi connectivity index (χ0n) is 13.3. The molecule has 0 aliphatic carbocycles. The Morgan fingerprint density at radius 2 is 2.21 bits per heavy atom. The maximum absolute atomic E-state index is 12.3. The second-order valence-corrected chi connectivity index (χ2v) is 7.27. The lowest BCUT2D eigenvalue weighted by atomic mass is 9.99. The quantitative estimate of drug-likeness (QED) is 0.855. The first-order valence-corrected chi connectivity index (χ1v) is 9.20. The number of carbonyl (C=O) groups is 1. The summed E-state index contributed by atoms with van der Waals surface area (Å²) in [7, 11) is 0. The van der Waals surface area contributed by atoms with Crippen LogP contribution in [0.3, 0.4) is 0 Å². The molecule has 4 rings (SSSR count). The van der Waals surface area contributed by atoms with Crippen LogP contribution in [0.4, 0.5) is 0 Å². The molecular weight excluding hydrogens is 328 g/mol. The van der Waals surface area contributed by atoms with Gasteiger partial charge in [0.15, 0.2) is 0 Å². The van der Waals surface area contributed by atoms with Gasteiger partial charge < -0.3 is 5.32 Å². The van der Waals surface area contributed by atoms with Crippen molar-refractivity contribution in [2.45, 2.75) is 44.3 Å². The molecule has 128 valence electrons. The third-order valence-corrected chi connectivity index (χ3v) is 5.69. The lowest BCUT2D eigenvalue weighted by Gasteiger charge is -2.32. The van der Waals surface area contributed by atoms with E-state index in [0.29, 0.717) is 11.0 Å². The van der Waals surface area contributed by atoms with E-state index in [4.69, 9.17) is 0 Å². The number of nitrogens with one attached hydrogen (secondary N) is 1. The summed E-state index contributed by atoms with van der Waals surface area (Å²) in [4.78, 5) is 27.1. The average molecular weight is 348 g/mol. The predicted octanol–water partition coefficient (Wildman–Crippen LogP) is 0.234. The molecule has 2 aliphatic rings. The smallest absolute Gasteiger partial charge is 0.350 e. The van der Waals surface area contributed by atoms with Crippen molar-refractivity contribution >= 4 is 17.2 Å². The van der Waals surface area contributed by atoms with Crippen molar-refractivity contribution in [3.63, 3.8) is 0 Å². The van der Waals surface area contributed by atoms with Gasteiger partial charge in [-0.25, -0.2) is 4.79 Å². The molecule has 4 heterocycles. The Morgan fingerprint density at radius 1 is 1.29 bits per heavy atom. The van der Waals surface area contributed by atoms with E-state index in [-0.39, 0.29) is 18.5 Å². The number of rotatable bonds is 4. The van der Waals surface area contributed by atoms with Gasteiger partial charge in [-0.05, 0) is 53.7 Å². The van der Waals surface area contributed by atoms with Crippen LogP contribution in [0.1, 0.15) is 25.7 Å². The minimum atomic E-state index is -0.390. The second kappa shape index (κ2) is 6.48. The van der Waals surface area contributed by atoms with Gasteiger partial charge in [0.25, 0.3) is 0 Å². The summed E-state index contributed by atoms with van der Waals surface area (Å²) in [5, 5.41) is 13.3. The fraction of sp³-hybridized carbons (Fsp3) is 0.600. The zero-order chi connectivity index (χ0) is 16.5. The van der Waals surface area contributed by atoms with E-state index in [2.05, 4.69) is 20.6 Å². The molecule has 9 heteroatoms. The molecule has 2 saturated heterocycles. The van der Waals surface area contributed by atoms with Gasteiger partial charge in [0.2, 0.25) is 5.91 Å². The van der Waals surface area contributed by atoms with Crippen molar-refractivity contribution in [2.75, 3.05) is 13.1 Å². The van der Waals surface area contributed by atoms with Gasteiger partial charge in [-0.3, -0.25) is 9.69 Å². The predicted molar refractivity (Wildman–Crippen MR) is 89.3 cm³/mol. The van der Waals surface area contributed by atoms with Crippen LogP contribution in [-0.2, 0) is 11.3 Å². The Balaban J connectivity index is 1.41. The number of piperidine rings is 1. The number of tetrazole rings is 1. The molecule has 2 atom stereocenters. The van der Waals surface area contributed by atoms with Gasteiger partial charge in [0, 0.05) is 18.6 Å². The van der Waals surface area contributed by atoms with Crippen LogP contribution in [0.25, 0.3) is 5.00 Å². The van der Waals surface area contributed by atoms with Crippen LogP contribution in [0.2, 0.25) is 0 Å². The maximum atomic E-state index is 12.3. The van der Waals surface area contributed by atoms with Gasteiger partial charge in [0.1, 0.15) is 11.5 Å². The number of carbonyl (C=O) groups excluding carboxylic acids is 1. The highest BCUT2D eigenvalue weighted by molar-refractivity contribution is 7.12. The molecule has 2 fully saturated rings. The van der Waals surface area contributed by atoms with Gasteiger partial charge in [0.05, 0.1) is 0 Å². The normalized spacial score (nSPS) is 24.0. The first-order chi connectivity index (χ1) is 11.7. The summed E-state index contributed by atoms with van der Waals surface area (Å²) in [6.07, 6.45) is 4.59. The molecule has 0 saturated carbocycles. The molecule has 2 aliphatic heterocycles. The molecule has 2 unspecified atom stereocenters. The van der Waals surface area contributed by atoms with E-state index >= 15 is 0 Å². The van der Waals surface area contributed by atoms with Crippen molar-refractivity contribution in [3.05, 3.63) is 28.0 Å². The van der Waals surface area contributed by atoms with E-state index in [1.807, 2.05) is 11.4 Å². The lowest BCUT2D eigenvalue weighted by molar-refractivity contribution is -0.122. The highest BCUT2D eigenvalue weighted by Crippen LogP contribution is 2.27. The van der Waals surface area contributed by atoms with Crippen LogP contribution in [0, 0.1) is 0 Å². The molecule has 1 amide bonds. The average Bonchev–Trinajstić information content (AvgIpc) is 3.30. The van der Waals surface area contributed by atoms with Crippen LogP contribution >= 0.6 is 11.3 Å². The standard InChI is InChI=1S/C15H20N6O2S/c22-13(16-11-6-8-19-7-2-1-4-12(11)19)10-20-15(23)21(18-17-20)14-5-3-9-24-14/h3,5,9,11-12H,1-2,4,6-8,10H2,(H,16,22). The topological polar surface area (TPSA) is 85.0 Å². The second-order valence-electron chi connectivity index (χ2n) is 6.34. The van der Waals surface area contributed by atoms with Crippen molar-refractivity contribution in [1.29, 1.82) is 0 Å². The molecule has 0 bridgehead atoms. The van der Waals surface area contributed by atoms with Crippen LogP contribution < -0.4 is 11.0 Å². The minimum Gasteiger partial charge on any atom is -0.350 e. The van der Waals surface area contributed by atoms with Gasteiger partial charge in [-0.1, -0.05) is 6.42 Å². The number of thiophene rings is 1. The highest BCUT2D eigenvalue weighted by Gasteiger charge is 2.36. The third-order valence-electron chi connectivity index (χ3n) is 4.85. The largest absolute Gasteiger partial charge is 0.369 e. The fourth-order valence-electron chi connectivity index (χ4n) is 3.71. The number of hydrogen-bond donors (Lipinski definition) is 1. The molecule has 0 radical (unpaired) electrons. The fourth-order valence-corrected chi connectivity index (χ4v) is 4.37. The highest BCUT2D eigenvalue weighted by atomic mass is 32.1. The summed E-state index contributed by atoms with van der Waals surface area (Å²) in [6, 6.07) is 4.26. The SMILES string of the molecule is O=C(Cn1nnn(-c2cccs2)c1=O)NC1CCN2CCCCC12. The third kappa shape index (κ3) is 2.89. The van der Waals surface area contributed by atoms with Crippen molar-refractivity contribution in [2.24, 2.45) is 0 Å². The summed E-state index contributed by atoms with van der Waals surface area (Å²) >= 11 is 1.40. The van der Waals surface area contributed by atoms with Crippen molar-refractivity contribution < 1.29 is 4.79 Å². The molecule has 8 nitrogen and oxygen atoms in total. The number of nitrogens with zero attached hydrogens (tertiary/aromatic N) is 5. The van der Waals surface area contributed by atoms with Crippen LogP contribution in [-0.4, -0.2) is 55.8 Å². The lowest BCUT2D eigenvalue weighted by Crippen LogP contribution is -2.48. The molecular formula is C15H20N6O2S. The molecule has 2 aromatic rings. The molecule has 24 heavy (non-hydrogen) atoms. The zero-order valence-corrected chi connectivity index (χ0v) is 14.1. The van der Waals surface area contributed by atoms with E-state index in [0.717, 1.165) is 30.6 Å². The Hall–Kier alpha value is -2.00. The number of fused-ring (bicyclic) bond motifs is 1. The van der Waals surface area contributed by atoms with Gasteiger partial charge in [-0.2, -0.15) is 9.36 Å². The van der Waals surface area contributed by atoms with E-state index in [9.17, 15) is 9.59 Å². The van der Waals surface area contributed by atoms with Crippen LogP contribution in [0.5, 0.6) is 0 Å². The molecule has 1 N–H and O–H groups in total. The Morgan fingerprint density at radius 3 is 3.04 bits per heavy atom. The summed E-state index contributed by atoms with van der Waals surface area (Å²) in [6.45, 7) is 2.09. The van der Waals surface area contributed by atoms with Crippen molar-refractivity contribution in [1.82, 2.24) is 30.0 Å². The van der Waals surface area contributed by atoms with E-state index in [1.165, 1.54) is 28.9 Å². The number of hydrogen-bond acceptors (Lipinski definition) is 6. The van der Waals surface area contributed by atoms with Crippen LogP contribution in [0.15, 0.2) is 22.3 Å². The first-order valence-electron chi connectivity index (χ1n) is 8.32. The Bertz CT molecular complexity index is 767. The minimum absolute atomic E-state index is 0.0899. The molecule has 2 aromatic heterocycles. The molecule has 0 spiro atoms. The van der Waals surface area contributed by atoms with Gasteiger partial charge in [-0.15, -0.1) is 11.3 Å². The first kappa shape index (κ1) is 15.5. The monoisotopic (exact) mass is 348 g/mol. The van der Waals surface area contributed by atoms with Crippen molar-refractivity contribution in [3.8, 4) is 5.00 Å². The number of amides is 1. The molecule has 0 aromatic carbocycles. The maximum Gasteiger partial charge on any atom is 0.369 e. The number of aromatic nitrogens is 4.